The van der Waals surface area contributed by atoms with E-state index >= 15 is 0 Å². The summed E-state index contributed by atoms with van der Waals surface area (Å²) in [6.07, 6.45) is 5.16. The molecule has 1 unspecified atom stereocenters. The van der Waals surface area contributed by atoms with E-state index in [4.69, 9.17) is 4.74 Å². The van der Waals surface area contributed by atoms with E-state index in [9.17, 15) is 9.90 Å². The van der Waals surface area contributed by atoms with Gasteiger partial charge in [0.05, 0.1) is 30.0 Å². The standard InChI is InChI=1S/C23H25N5O3/c1-15-10-16(11-24-2)5-7-19(15)20-14-27-28(23(20)30)21-8-6-17(12-25-21)22(29)26-13-18-4-3-9-31-18/h5-8,10,12,14,18,30H,2-4,9,11,13H2,1H3,(H,26,29). The molecule has 0 bridgehead atoms. The first kappa shape index (κ1) is 20.7. The molecule has 0 radical (unpaired) electrons. The lowest BCUT2D eigenvalue weighted by atomic mass is 10.0. The van der Waals surface area contributed by atoms with Gasteiger partial charge in [0.15, 0.2) is 5.82 Å². The summed E-state index contributed by atoms with van der Waals surface area (Å²) in [6, 6.07) is 9.23. The zero-order valence-corrected chi connectivity index (χ0v) is 17.4. The summed E-state index contributed by atoms with van der Waals surface area (Å²) >= 11 is 0. The molecule has 160 valence electrons. The third-order valence-corrected chi connectivity index (χ3v) is 5.36. The van der Waals surface area contributed by atoms with Crippen LogP contribution in [0.3, 0.4) is 0 Å². The van der Waals surface area contributed by atoms with Gasteiger partial charge in [-0.2, -0.15) is 9.78 Å². The molecule has 1 saturated heterocycles. The van der Waals surface area contributed by atoms with E-state index in [0.29, 0.717) is 30.0 Å². The van der Waals surface area contributed by atoms with Crippen molar-refractivity contribution in [3.05, 3.63) is 59.4 Å². The summed E-state index contributed by atoms with van der Waals surface area (Å²) in [7, 11) is 0. The fourth-order valence-corrected chi connectivity index (χ4v) is 3.71. The van der Waals surface area contributed by atoms with E-state index in [2.05, 4.69) is 27.1 Å². The van der Waals surface area contributed by atoms with Crippen molar-refractivity contribution in [2.24, 2.45) is 4.99 Å². The summed E-state index contributed by atoms with van der Waals surface area (Å²) in [5, 5.41) is 17.9. The highest BCUT2D eigenvalue weighted by molar-refractivity contribution is 5.94. The number of amides is 1. The molecular formula is C23H25N5O3. The van der Waals surface area contributed by atoms with Gasteiger partial charge in [-0.05, 0) is 55.3 Å². The number of aliphatic imine (C=N–C) groups is 1. The number of rotatable bonds is 7. The predicted octanol–water partition coefficient (Wildman–Crippen LogP) is 3.06. The number of aromatic hydroxyl groups is 1. The number of pyridine rings is 1. The fourth-order valence-electron chi connectivity index (χ4n) is 3.71. The zero-order chi connectivity index (χ0) is 21.8. The Bertz CT molecular complexity index is 1090. The van der Waals surface area contributed by atoms with Gasteiger partial charge in [0.2, 0.25) is 5.88 Å². The van der Waals surface area contributed by atoms with Crippen molar-refractivity contribution in [3.8, 4) is 22.8 Å². The largest absolute Gasteiger partial charge is 0.493 e. The van der Waals surface area contributed by atoms with Gasteiger partial charge in [0.1, 0.15) is 0 Å². The summed E-state index contributed by atoms with van der Waals surface area (Å²) in [5.41, 5.74) is 3.98. The maximum absolute atomic E-state index is 12.3. The molecular weight excluding hydrogens is 394 g/mol. The monoisotopic (exact) mass is 419 g/mol. The molecule has 3 heterocycles. The lowest BCUT2D eigenvalue weighted by Gasteiger charge is -2.11. The molecule has 1 aliphatic rings. The van der Waals surface area contributed by atoms with Crippen LogP contribution in [-0.2, 0) is 11.3 Å². The molecule has 4 rings (SSSR count). The molecule has 31 heavy (non-hydrogen) atoms. The molecule has 0 saturated carbocycles. The van der Waals surface area contributed by atoms with E-state index in [0.717, 1.165) is 36.1 Å². The first-order valence-corrected chi connectivity index (χ1v) is 10.2. The van der Waals surface area contributed by atoms with E-state index in [1.54, 1.807) is 18.3 Å². The Hall–Kier alpha value is -3.52. The Kier molecular flexibility index (Phi) is 6.08. The molecule has 8 nitrogen and oxygen atoms in total. The average molecular weight is 419 g/mol. The molecule has 1 atom stereocenters. The number of nitrogens with one attached hydrogen (secondary N) is 1. The number of benzene rings is 1. The minimum atomic E-state index is -0.204. The minimum absolute atomic E-state index is 0.0132. The Labute approximate surface area is 180 Å². The van der Waals surface area contributed by atoms with Gasteiger partial charge in [-0.1, -0.05) is 18.2 Å². The Morgan fingerprint density at radius 2 is 2.19 bits per heavy atom. The summed E-state index contributed by atoms with van der Waals surface area (Å²) < 4.78 is 6.87. The normalized spacial score (nSPS) is 15.7. The van der Waals surface area contributed by atoms with E-state index < -0.39 is 0 Å². The minimum Gasteiger partial charge on any atom is -0.493 e. The van der Waals surface area contributed by atoms with Gasteiger partial charge in [0.25, 0.3) is 5.91 Å². The van der Waals surface area contributed by atoms with Crippen molar-refractivity contribution >= 4 is 12.6 Å². The van der Waals surface area contributed by atoms with Crippen LogP contribution in [0.5, 0.6) is 5.88 Å². The van der Waals surface area contributed by atoms with Crippen molar-refractivity contribution < 1.29 is 14.6 Å². The number of carbonyl (C=O) groups excluding carboxylic acids is 1. The van der Waals surface area contributed by atoms with Gasteiger partial charge < -0.3 is 15.2 Å². The number of ether oxygens (including phenoxy) is 1. The highest BCUT2D eigenvalue weighted by Gasteiger charge is 2.18. The van der Waals surface area contributed by atoms with E-state index in [1.807, 2.05) is 25.1 Å². The number of nitrogens with zero attached hydrogens (tertiary/aromatic N) is 4. The highest BCUT2D eigenvalue weighted by atomic mass is 16.5. The Morgan fingerprint density at radius 1 is 1.32 bits per heavy atom. The van der Waals surface area contributed by atoms with Gasteiger partial charge in [-0.3, -0.25) is 9.79 Å². The number of carbonyl (C=O) groups is 1. The topological polar surface area (TPSA) is 102 Å². The van der Waals surface area contributed by atoms with Crippen molar-refractivity contribution in [1.82, 2.24) is 20.1 Å². The number of aromatic nitrogens is 3. The average Bonchev–Trinajstić information content (AvgIpc) is 3.43. The second-order valence-corrected chi connectivity index (χ2v) is 7.57. The smallest absolute Gasteiger partial charge is 0.252 e. The van der Waals surface area contributed by atoms with Crippen molar-refractivity contribution in [1.29, 1.82) is 0 Å². The fraction of sp³-hybridized carbons (Fsp3) is 0.304. The lowest BCUT2D eigenvalue weighted by Crippen LogP contribution is -2.31. The summed E-state index contributed by atoms with van der Waals surface area (Å²) in [4.78, 5) is 20.5. The van der Waals surface area contributed by atoms with Crippen LogP contribution in [-0.4, -0.2) is 51.8 Å². The summed E-state index contributed by atoms with van der Waals surface area (Å²) in [5.74, 6) is 0.204. The highest BCUT2D eigenvalue weighted by Crippen LogP contribution is 2.33. The van der Waals surface area contributed by atoms with Crippen molar-refractivity contribution in [3.63, 3.8) is 0 Å². The molecule has 8 heteroatoms. The third kappa shape index (κ3) is 4.49. The van der Waals surface area contributed by atoms with Crippen molar-refractivity contribution in [2.45, 2.75) is 32.4 Å². The van der Waals surface area contributed by atoms with Crippen LogP contribution in [0.1, 0.15) is 34.3 Å². The SMILES string of the molecule is C=NCc1ccc(-c2cnn(-c3ccc(C(=O)NCC4CCCO4)cn3)c2O)c(C)c1. The van der Waals surface area contributed by atoms with Crippen LogP contribution in [0, 0.1) is 6.92 Å². The Morgan fingerprint density at radius 3 is 2.87 bits per heavy atom. The molecule has 1 aromatic carbocycles. The van der Waals surface area contributed by atoms with Crippen LogP contribution in [0.25, 0.3) is 16.9 Å². The first-order valence-electron chi connectivity index (χ1n) is 10.2. The number of aryl methyl sites for hydroxylation is 1. The molecule has 2 aromatic heterocycles. The number of hydrogen-bond acceptors (Lipinski definition) is 6. The van der Waals surface area contributed by atoms with Gasteiger partial charge in [-0.25, -0.2) is 4.98 Å². The van der Waals surface area contributed by atoms with E-state index in [-0.39, 0.29) is 17.9 Å². The van der Waals surface area contributed by atoms with Gasteiger partial charge in [0, 0.05) is 19.3 Å². The maximum atomic E-state index is 12.3. The molecule has 0 spiro atoms. The second-order valence-electron chi connectivity index (χ2n) is 7.57. The van der Waals surface area contributed by atoms with Crippen LogP contribution in [0.4, 0.5) is 0 Å². The maximum Gasteiger partial charge on any atom is 0.252 e. The molecule has 3 aromatic rings. The van der Waals surface area contributed by atoms with Gasteiger partial charge >= 0.3 is 0 Å². The zero-order valence-electron chi connectivity index (χ0n) is 17.4. The van der Waals surface area contributed by atoms with Crippen molar-refractivity contribution in [2.75, 3.05) is 13.2 Å². The lowest BCUT2D eigenvalue weighted by molar-refractivity contribution is 0.0857. The molecule has 1 amide bonds. The Balaban J connectivity index is 1.50. The van der Waals surface area contributed by atoms with Crippen LogP contribution in [0.15, 0.2) is 47.7 Å². The van der Waals surface area contributed by atoms with Crippen LogP contribution >= 0.6 is 0 Å². The van der Waals surface area contributed by atoms with Crippen LogP contribution < -0.4 is 5.32 Å². The third-order valence-electron chi connectivity index (χ3n) is 5.36. The van der Waals surface area contributed by atoms with Crippen LogP contribution in [0.2, 0.25) is 0 Å². The van der Waals surface area contributed by atoms with E-state index in [1.165, 1.54) is 10.9 Å². The number of hydrogen-bond donors (Lipinski definition) is 2. The predicted molar refractivity (Wildman–Crippen MR) is 118 cm³/mol. The molecule has 2 N–H and O–H groups in total. The second kappa shape index (κ2) is 9.09. The molecule has 0 aliphatic carbocycles. The molecule has 1 aliphatic heterocycles. The van der Waals surface area contributed by atoms with Gasteiger partial charge in [-0.15, -0.1) is 0 Å². The first-order chi connectivity index (χ1) is 15.1. The summed E-state index contributed by atoms with van der Waals surface area (Å²) in [6.45, 7) is 7.28. The quantitative estimate of drug-likeness (QED) is 0.573. The molecule has 1 fully saturated rings.